The average Bonchev–Trinajstić information content (AvgIpc) is 2.34. The minimum atomic E-state index is -0.461. The highest BCUT2D eigenvalue weighted by atomic mass is 35.5. The Balaban J connectivity index is 2.21. The monoisotopic (exact) mass is 282 g/mol. The quantitative estimate of drug-likeness (QED) is 0.610. The van der Waals surface area contributed by atoms with E-state index < -0.39 is 5.82 Å². The first-order valence-electron chi connectivity index (χ1n) is 5.52. The zero-order chi connectivity index (χ0) is 13.1. The Morgan fingerprint density at radius 1 is 1.22 bits per heavy atom. The van der Waals surface area contributed by atoms with Crippen molar-refractivity contribution >= 4 is 23.4 Å². The van der Waals surface area contributed by atoms with Crippen molar-refractivity contribution in [3.8, 4) is 0 Å². The van der Waals surface area contributed by atoms with Gasteiger partial charge in [-0.2, -0.15) is 0 Å². The Kier molecular flexibility index (Phi) is 4.19. The second-order valence-corrected chi connectivity index (χ2v) is 5.52. The van der Waals surface area contributed by atoms with Gasteiger partial charge >= 0.3 is 0 Å². The van der Waals surface area contributed by atoms with Crippen molar-refractivity contribution in [3.05, 3.63) is 47.1 Å². The van der Waals surface area contributed by atoms with Crippen molar-refractivity contribution in [1.82, 2.24) is 9.97 Å². The average molecular weight is 283 g/mol. The minimum Gasteiger partial charge on any atom is -0.223 e. The Bertz CT molecular complexity index is 543. The van der Waals surface area contributed by atoms with E-state index in [1.807, 2.05) is 24.3 Å². The van der Waals surface area contributed by atoms with Gasteiger partial charge < -0.3 is 0 Å². The predicted octanol–water partition coefficient (Wildman–Crippen LogP) is 4.54. The van der Waals surface area contributed by atoms with Crippen LogP contribution < -0.4 is 0 Å². The molecule has 0 aliphatic rings. The summed E-state index contributed by atoms with van der Waals surface area (Å²) in [4.78, 5) is 8.38. The fraction of sp³-hybridized carbons (Fsp3) is 0.231. The summed E-state index contributed by atoms with van der Waals surface area (Å²) >= 11 is 6.89. The van der Waals surface area contributed by atoms with Gasteiger partial charge in [0.1, 0.15) is 5.03 Å². The first-order valence-corrected chi connectivity index (χ1v) is 6.71. The van der Waals surface area contributed by atoms with Crippen molar-refractivity contribution in [1.29, 1.82) is 0 Å². The van der Waals surface area contributed by atoms with E-state index in [2.05, 4.69) is 23.8 Å². The first-order chi connectivity index (χ1) is 8.56. The van der Waals surface area contributed by atoms with Crippen molar-refractivity contribution in [2.75, 3.05) is 0 Å². The molecule has 0 atom stereocenters. The van der Waals surface area contributed by atoms with Crippen LogP contribution >= 0.6 is 23.4 Å². The third-order valence-corrected chi connectivity index (χ3v) is 3.61. The number of hydrogen-bond acceptors (Lipinski definition) is 3. The maximum absolute atomic E-state index is 13.5. The van der Waals surface area contributed by atoms with E-state index in [4.69, 9.17) is 11.6 Å². The second kappa shape index (κ2) is 5.67. The number of nitrogens with zero attached hydrogens (tertiary/aromatic N) is 2. The van der Waals surface area contributed by atoms with Gasteiger partial charge in [-0.1, -0.05) is 37.7 Å². The number of hydrogen-bond donors (Lipinski definition) is 0. The Morgan fingerprint density at radius 2 is 1.89 bits per heavy atom. The molecule has 0 unspecified atom stereocenters. The van der Waals surface area contributed by atoms with Crippen LogP contribution in [0.25, 0.3) is 0 Å². The normalized spacial score (nSPS) is 10.9. The van der Waals surface area contributed by atoms with Crippen LogP contribution in [0.5, 0.6) is 0 Å². The van der Waals surface area contributed by atoms with Gasteiger partial charge in [-0.25, -0.2) is 14.4 Å². The molecular formula is C13H12ClFN2S. The van der Waals surface area contributed by atoms with Gasteiger partial charge in [-0.15, -0.1) is 0 Å². The maximum Gasteiger partial charge on any atom is 0.223 e. The minimum absolute atomic E-state index is 0.0534. The standard InChI is InChI=1S/C13H12ClFN2S/c1-8(2)9-3-5-10(6-4-9)18-12-11(15)7-16-13(14)17-12/h3-8H,1-2H3. The van der Waals surface area contributed by atoms with Crippen LogP contribution in [-0.2, 0) is 0 Å². The molecule has 0 spiro atoms. The highest BCUT2D eigenvalue weighted by Gasteiger charge is 2.08. The first kappa shape index (κ1) is 13.3. The van der Waals surface area contributed by atoms with Gasteiger partial charge in [0.25, 0.3) is 0 Å². The van der Waals surface area contributed by atoms with Crippen LogP contribution in [0.2, 0.25) is 5.28 Å². The fourth-order valence-electron chi connectivity index (χ4n) is 1.44. The lowest BCUT2D eigenvalue weighted by molar-refractivity contribution is 0.579. The predicted molar refractivity (Wildman–Crippen MR) is 71.7 cm³/mol. The van der Waals surface area contributed by atoms with E-state index in [9.17, 15) is 4.39 Å². The summed E-state index contributed by atoms with van der Waals surface area (Å²) in [7, 11) is 0. The molecule has 0 aliphatic carbocycles. The summed E-state index contributed by atoms with van der Waals surface area (Å²) in [5.41, 5.74) is 1.25. The lowest BCUT2D eigenvalue weighted by Crippen LogP contribution is -1.91. The van der Waals surface area contributed by atoms with Crippen LogP contribution in [0.4, 0.5) is 4.39 Å². The molecule has 1 heterocycles. The number of aromatic nitrogens is 2. The Morgan fingerprint density at radius 3 is 2.50 bits per heavy atom. The van der Waals surface area contributed by atoms with E-state index in [-0.39, 0.29) is 10.3 Å². The van der Waals surface area contributed by atoms with Gasteiger partial charge in [-0.05, 0) is 35.2 Å². The second-order valence-electron chi connectivity index (χ2n) is 4.12. The molecule has 0 amide bonds. The molecule has 0 bridgehead atoms. The van der Waals surface area contributed by atoms with Crippen LogP contribution in [0.15, 0.2) is 40.4 Å². The molecule has 2 nitrogen and oxygen atoms in total. The third kappa shape index (κ3) is 3.21. The number of halogens is 2. The number of benzene rings is 1. The van der Waals surface area contributed by atoms with Crippen LogP contribution in [0, 0.1) is 5.82 Å². The summed E-state index contributed by atoms with van der Waals surface area (Å²) < 4.78 is 13.5. The van der Waals surface area contributed by atoms with Gasteiger partial charge in [0, 0.05) is 4.90 Å². The molecule has 1 aromatic carbocycles. The lowest BCUT2D eigenvalue weighted by atomic mass is 10.0. The van der Waals surface area contributed by atoms with Crippen molar-refractivity contribution in [2.45, 2.75) is 29.7 Å². The molecule has 2 aromatic rings. The molecule has 5 heteroatoms. The number of rotatable bonds is 3. The van der Waals surface area contributed by atoms with Crippen LogP contribution in [0.3, 0.4) is 0 Å². The topological polar surface area (TPSA) is 25.8 Å². The summed E-state index contributed by atoms with van der Waals surface area (Å²) in [5.74, 6) is 0.0200. The summed E-state index contributed by atoms with van der Waals surface area (Å²) in [6.07, 6.45) is 1.08. The largest absolute Gasteiger partial charge is 0.223 e. The van der Waals surface area contributed by atoms with Crippen LogP contribution in [0.1, 0.15) is 25.3 Å². The molecule has 1 aromatic heterocycles. The summed E-state index contributed by atoms with van der Waals surface area (Å²) in [6.45, 7) is 4.26. The van der Waals surface area contributed by atoms with Gasteiger partial charge in [0.05, 0.1) is 6.20 Å². The van der Waals surface area contributed by atoms with Gasteiger partial charge in [0.2, 0.25) is 5.28 Å². The third-order valence-electron chi connectivity index (χ3n) is 2.44. The molecular weight excluding hydrogens is 271 g/mol. The molecule has 0 radical (unpaired) electrons. The van der Waals surface area contributed by atoms with Crippen molar-refractivity contribution in [3.63, 3.8) is 0 Å². The zero-order valence-electron chi connectivity index (χ0n) is 10.0. The Labute approximate surface area is 115 Å². The van der Waals surface area contributed by atoms with E-state index in [1.54, 1.807) is 0 Å². The zero-order valence-corrected chi connectivity index (χ0v) is 11.6. The lowest BCUT2D eigenvalue weighted by Gasteiger charge is -2.06. The molecule has 2 rings (SSSR count). The molecule has 0 saturated heterocycles. The molecule has 94 valence electrons. The molecule has 18 heavy (non-hydrogen) atoms. The van der Waals surface area contributed by atoms with E-state index in [1.165, 1.54) is 17.3 Å². The van der Waals surface area contributed by atoms with Crippen molar-refractivity contribution in [2.24, 2.45) is 0 Å². The van der Waals surface area contributed by atoms with Gasteiger partial charge in [-0.3, -0.25) is 0 Å². The SMILES string of the molecule is CC(C)c1ccc(Sc2nc(Cl)ncc2F)cc1. The molecule has 0 saturated carbocycles. The van der Waals surface area contributed by atoms with Crippen LogP contribution in [-0.4, -0.2) is 9.97 Å². The smallest absolute Gasteiger partial charge is 0.223 e. The van der Waals surface area contributed by atoms with E-state index in [0.29, 0.717) is 5.92 Å². The summed E-state index contributed by atoms with van der Waals surface area (Å²) in [6, 6.07) is 7.98. The fourth-order valence-corrected chi connectivity index (χ4v) is 2.40. The van der Waals surface area contributed by atoms with Gasteiger partial charge in [0.15, 0.2) is 5.82 Å². The van der Waals surface area contributed by atoms with Crippen molar-refractivity contribution < 1.29 is 4.39 Å². The van der Waals surface area contributed by atoms with E-state index in [0.717, 1.165) is 11.1 Å². The molecule has 0 N–H and O–H groups in total. The highest BCUT2D eigenvalue weighted by molar-refractivity contribution is 7.99. The molecule has 0 aliphatic heterocycles. The maximum atomic E-state index is 13.5. The Hall–Kier alpha value is -1.13. The summed E-state index contributed by atoms with van der Waals surface area (Å²) in [5, 5.41) is 0.296. The molecule has 0 fully saturated rings. The highest BCUT2D eigenvalue weighted by Crippen LogP contribution is 2.29. The van der Waals surface area contributed by atoms with E-state index >= 15 is 0 Å².